The molecule has 9 nitrogen and oxygen atoms in total. The lowest BCUT2D eigenvalue weighted by Crippen LogP contribution is -2.41. The van der Waals surface area contributed by atoms with Gasteiger partial charge in [-0.05, 0) is 17.7 Å². The zero-order valence-corrected chi connectivity index (χ0v) is 13.2. The van der Waals surface area contributed by atoms with E-state index in [1.165, 1.54) is 0 Å². The number of nitrogens with zero attached hydrogens (tertiary/aromatic N) is 5. The molecule has 0 unspecified atom stereocenters. The molecule has 0 aromatic heterocycles. The summed E-state index contributed by atoms with van der Waals surface area (Å²) in [5, 5.41) is 9.55. The summed E-state index contributed by atoms with van der Waals surface area (Å²) in [6.07, 6.45) is -4.69. The predicted molar refractivity (Wildman–Crippen MR) is 76.9 cm³/mol. The van der Waals surface area contributed by atoms with Crippen LogP contribution in [0.3, 0.4) is 0 Å². The molecule has 2 heterocycles. The maximum Gasteiger partial charge on any atom is 0.442 e. The van der Waals surface area contributed by atoms with E-state index < -0.39 is 33.9 Å². The van der Waals surface area contributed by atoms with Gasteiger partial charge in [-0.3, -0.25) is 0 Å². The zero-order chi connectivity index (χ0) is 18.3. The number of hydrogen-bond donors (Lipinski definition) is 1. The Bertz CT molecular complexity index is 842. The molecule has 0 radical (unpaired) electrons. The predicted octanol–water partition coefficient (Wildman–Crippen LogP) is 2.22. The summed E-state index contributed by atoms with van der Waals surface area (Å²) in [5.41, 5.74) is 5.58. The smallest absolute Gasteiger partial charge is 0.379 e. The molecule has 3 rings (SSSR count). The molecular formula is C12H11F3N6O3S. The van der Waals surface area contributed by atoms with Crippen LogP contribution in [0, 0.1) is 0 Å². The second-order valence-corrected chi connectivity index (χ2v) is 7.15. The van der Waals surface area contributed by atoms with Gasteiger partial charge in [-0.2, -0.15) is 13.2 Å². The van der Waals surface area contributed by atoms with Crippen LogP contribution >= 0.6 is 0 Å². The molecule has 134 valence electrons. The van der Waals surface area contributed by atoms with Gasteiger partial charge >= 0.3 is 11.8 Å². The highest BCUT2D eigenvalue weighted by atomic mass is 32.2. The molecular weight excluding hydrogens is 365 g/mol. The van der Waals surface area contributed by atoms with Crippen molar-refractivity contribution in [1.82, 2.24) is 4.72 Å². The van der Waals surface area contributed by atoms with Gasteiger partial charge in [0, 0.05) is 10.5 Å². The highest BCUT2D eigenvalue weighted by Crippen LogP contribution is 2.52. The standard InChI is InChI=1S/C12H11F3N6O3S/c13-12(14,15)11(19-20-11)7-1-3-8(4-2-7)25(22,23)18-10-6-24-5-9(10)17-21-16/h1-4,9-10,18H,5-6H2/t9-,10+/m0/s1. The fourth-order valence-corrected chi connectivity index (χ4v) is 3.67. The normalized spacial score (nSPS) is 24.8. The molecule has 2 atom stereocenters. The molecule has 1 aromatic carbocycles. The number of nitrogens with one attached hydrogen (secondary N) is 1. The third-order valence-corrected chi connectivity index (χ3v) is 5.33. The van der Waals surface area contributed by atoms with Crippen molar-refractivity contribution >= 4 is 10.0 Å². The summed E-state index contributed by atoms with van der Waals surface area (Å²) in [6, 6.07) is 2.64. The fourth-order valence-electron chi connectivity index (χ4n) is 2.41. The Labute approximate surface area is 139 Å². The van der Waals surface area contributed by atoms with Crippen molar-refractivity contribution in [2.24, 2.45) is 15.3 Å². The van der Waals surface area contributed by atoms with Gasteiger partial charge in [0.15, 0.2) is 0 Å². The van der Waals surface area contributed by atoms with Crippen LogP contribution in [0.15, 0.2) is 44.5 Å². The number of ether oxygens (including phenoxy) is 1. The van der Waals surface area contributed by atoms with Crippen LogP contribution in [-0.2, 0) is 20.4 Å². The number of alkyl halides is 3. The van der Waals surface area contributed by atoms with E-state index in [4.69, 9.17) is 10.3 Å². The van der Waals surface area contributed by atoms with Gasteiger partial charge in [0.2, 0.25) is 10.0 Å². The van der Waals surface area contributed by atoms with Crippen molar-refractivity contribution < 1.29 is 26.3 Å². The molecule has 2 aliphatic heterocycles. The highest BCUT2D eigenvalue weighted by Gasteiger charge is 2.65. The lowest BCUT2D eigenvalue weighted by Gasteiger charge is -2.17. The van der Waals surface area contributed by atoms with Crippen LogP contribution < -0.4 is 4.72 Å². The molecule has 25 heavy (non-hydrogen) atoms. The SMILES string of the molecule is [N-]=[N+]=N[C@H]1COC[C@H]1NS(=O)(=O)c1ccc(C2(C(F)(F)F)N=N2)cc1. The Morgan fingerprint density at radius 1 is 1.28 bits per heavy atom. The quantitative estimate of drug-likeness (QED) is 0.480. The largest absolute Gasteiger partial charge is 0.442 e. The molecule has 0 spiro atoms. The van der Waals surface area contributed by atoms with Crippen LogP contribution in [0.4, 0.5) is 13.2 Å². The molecule has 2 aliphatic rings. The first kappa shape index (κ1) is 17.6. The van der Waals surface area contributed by atoms with Crippen LogP contribution in [0.1, 0.15) is 5.56 Å². The van der Waals surface area contributed by atoms with E-state index in [2.05, 4.69) is 25.0 Å². The van der Waals surface area contributed by atoms with Gasteiger partial charge in [0.25, 0.3) is 0 Å². The van der Waals surface area contributed by atoms with E-state index in [-0.39, 0.29) is 23.7 Å². The van der Waals surface area contributed by atoms with Crippen molar-refractivity contribution in [3.05, 3.63) is 40.3 Å². The second kappa shape index (κ2) is 5.95. The Balaban J connectivity index is 1.79. The summed E-state index contributed by atoms with van der Waals surface area (Å²) in [6.45, 7) is 0.100. The maximum absolute atomic E-state index is 12.9. The lowest BCUT2D eigenvalue weighted by atomic mass is 10.0. The number of hydrogen-bond acceptors (Lipinski definition) is 6. The molecule has 1 aromatic rings. The lowest BCUT2D eigenvalue weighted by molar-refractivity contribution is -0.166. The molecule has 0 bridgehead atoms. The molecule has 1 N–H and O–H groups in total. The van der Waals surface area contributed by atoms with Gasteiger partial charge in [-0.15, -0.1) is 10.2 Å². The number of rotatable bonds is 5. The average Bonchev–Trinajstić information content (AvgIpc) is 3.26. The van der Waals surface area contributed by atoms with Gasteiger partial charge in [-0.25, -0.2) is 13.1 Å². The van der Waals surface area contributed by atoms with E-state index in [0.29, 0.717) is 0 Å². The third kappa shape index (κ3) is 3.18. The first-order valence-corrected chi connectivity index (χ1v) is 8.43. The molecule has 0 aliphatic carbocycles. The number of sulfonamides is 1. The van der Waals surface area contributed by atoms with Crippen molar-refractivity contribution in [1.29, 1.82) is 0 Å². The Hall–Kier alpha value is -2.21. The Morgan fingerprint density at radius 3 is 2.44 bits per heavy atom. The summed E-state index contributed by atoms with van der Waals surface area (Å²) in [7, 11) is -4.03. The van der Waals surface area contributed by atoms with E-state index in [0.717, 1.165) is 24.3 Å². The number of halogens is 3. The number of benzene rings is 1. The van der Waals surface area contributed by atoms with Crippen molar-refractivity contribution in [2.75, 3.05) is 13.2 Å². The highest BCUT2D eigenvalue weighted by molar-refractivity contribution is 7.89. The summed E-state index contributed by atoms with van der Waals surface area (Å²) >= 11 is 0. The minimum Gasteiger partial charge on any atom is -0.379 e. The van der Waals surface area contributed by atoms with E-state index in [1.807, 2.05) is 0 Å². The molecule has 0 amide bonds. The summed E-state index contributed by atoms with van der Waals surface area (Å²) < 4.78 is 70.9. The Kier molecular flexibility index (Phi) is 4.19. The van der Waals surface area contributed by atoms with Crippen molar-refractivity contribution in [3.8, 4) is 0 Å². The number of azide groups is 1. The van der Waals surface area contributed by atoms with Gasteiger partial charge in [0.05, 0.1) is 30.2 Å². The van der Waals surface area contributed by atoms with Gasteiger partial charge in [0.1, 0.15) is 0 Å². The van der Waals surface area contributed by atoms with Crippen LogP contribution in [0.25, 0.3) is 10.4 Å². The van der Waals surface area contributed by atoms with E-state index in [9.17, 15) is 21.6 Å². The average molecular weight is 376 g/mol. The van der Waals surface area contributed by atoms with Crippen molar-refractivity contribution in [2.45, 2.75) is 28.8 Å². The van der Waals surface area contributed by atoms with E-state index >= 15 is 0 Å². The first-order chi connectivity index (χ1) is 11.7. The Morgan fingerprint density at radius 2 is 1.92 bits per heavy atom. The van der Waals surface area contributed by atoms with E-state index in [1.54, 1.807) is 0 Å². The first-order valence-electron chi connectivity index (χ1n) is 6.95. The van der Waals surface area contributed by atoms with Crippen LogP contribution in [0.5, 0.6) is 0 Å². The minimum absolute atomic E-state index is 0.0238. The van der Waals surface area contributed by atoms with Gasteiger partial charge < -0.3 is 4.74 Å². The maximum atomic E-state index is 12.9. The van der Waals surface area contributed by atoms with Crippen LogP contribution in [0.2, 0.25) is 0 Å². The topological polar surface area (TPSA) is 129 Å². The monoisotopic (exact) mass is 376 g/mol. The molecule has 13 heteroatoms. The molecule has 1 saturated heterocycles. The summed E-state index contributed by atoms with van der Waals surface area (Å²) in [5.74, 6) is 0. The molecule has 0 saturated carbocycles. The minimum atomic E-state index is -4.69. The van der Waals surface area contributed by atoms with Crippen LogP contribution in [-0.4, -0.2) is 39.9 Å². The summed E-state index contributed by atoms with van der Waals surface area (Å²) in [4.78, 5) is 2.39. The fraction of sp³-hybridized carbons (Fsp3) is 0.500. The van der Waals surface area contributed by atoms with Crippen molar-refractivity contribution in [3.63, 3.8) is 0 Å². The second-order valence-electron chi connectivity index (χ2n) is 5.43. The zero-order valence-electron chi connectivity index (χ0n) is 12.4. The van der Waals surface area contributed by atoms with Gasteiger partial charge in [-0.1, -0.05) is 17.2 Å². The molecule has 1 fully saturated rings. The third-order valence-electron chi connectivity index (χ3n) is 3.82.